The Morgan fingerprint density at radius 2 is 1.21 bits per heavy atom. The minimum Gasteiger partial charge on any atom is -0.497 e. The highest BCUT2D eigenvalue weighted by atomic mass is 16.5. The molecule has 0 aliphatic heterocycles. The lowest BCUT2D eigenvalue weighted by molar-refractivity contribution is 0.103. The molecule has 0 saturated carbocycles. The fourth-order valence-electron chi connectivity index (χ4n) is 4.15. The van der Waals surface area contributed by atoms with Crippen LogP contribution in [0.2, 0.25) is 0 Å². The summed E-state index contributed by atoms with van der Waals surface area (Å²) in [6.45, 7) is 0. The summed E-state index contributed by atoms with van der Waals surface area (Å²) in [4.78, 5) is 13.7. The third-order valence-electron chi connectivity index (χ3n) is 5.75. The summed E-state index contributed by atoms with van der Waals surface area (Å²) in [6.07, 6.45) is 1.96. The van der Waals surface area contributed by atoms with Crippen LogP contribution in [0.3, 0.4) is 0 Å². The Morgan fingerprint density at radius 1 is 0.667 bits per heavy atom. The Labute approximate surface area is 193 Å². The third kappa shape index (κ3) is 3.97. The van der Waals surface area contributed by atoms with E-state index in [1.54, 1.807) is 7.11 Å². The first-order chi connectivity index (χ1) is 16.3. The second-order valence-electron chi connectivity index (χ2n) is 7.76. The van der Waals surface area contributed by atoms with Crippen molar-refractivity contribution in [3.05, 3.63) is 133 Å². The first-order valence-corrected chi connectivity index (χ1v) is 10.9. The van der Waals surface area contributed by atoms with E-state index in [9.17, 15) is 4.79 Å². The van der Waals surface area contributed by atoms with Gasteiger partial charge in [-0.25, -0.2) is 0 Å². The molecule has 1 heterocycles. The van der Waals surface area contributed by atoms with Gasteiger partial charge in [-0.15, -0.1) is 0 Å². The zero-order valence-electron chi connectivity index (χ0n) is 18.3. The molecular formula is C30H23NO2. The van der Waals surface area contributed by atoms with Crippen molar-refractivity contribution in [3.63, 3.8) is 0 Å². The van der Waals surface area contributed by atoms with Gasteiger partial charge in [0.15, 0.2) is 5.78 Å². The normalized spacial score (nSPS) is 10.7. The maximum absolute atomic E-state index is 13.7. The average Bonchev–Trinajstić information content (AvgIpc) is 3.30. The summed E-state index contributed by atoms with van der Waals surface area (Å²) in [5, 5.41) is 0. The molecular weight excluding hydrogens is 406 g/mol. The van der Waals surface area contributed by atoms with Crippen molar-refractivity contribution >= 4 is 5.78 Å². The van der Waals surface area contributed by atoms with E-state index in [0.29, 0.717) is 11.1 Å². The molecule has 0 N–H and O–H groups in total. The van der Waals surface area contributed by atoms with Gasteiger partial charge in [-0.3, -0.25) is 4.79 Å². The lowest BCUT2D eigenvalue weighted by Gasteiger charge is -2.13. The Balaban J connectivity index is 1.82. The highest BCUT2D eigenvalue weighted by Crippen LogP contribution is 2.39. The molecule has 5 aromatic rings. The molecule has 4 aromatic carbocycles. The van der Waals surface area contributed by atoms with Crippen LogP contribution in [0.1, 0.15) is 15.9 Å². The largest absolute Gasteiger partial charge is 0.497 e. The summed E-state index contributed by atoms with van der Waals surface area (Å²) in [5.41, 5.74) is 6.24. The number of methoxy groups -OCH3 is 1. The van der Waals surface area contributed by atoms with Crippen LogP contribution in [0.5, 0.6) is 5.75 Å². The SMILES string of the molecule is COc1ccc(-n2cc(C(=O)c3ccccc3)c(-c3ccccc3)c2-c2ccccc2)cc1. The van der Waals surface area contributed by atoms with Gasteiger partial charge in [0.25, 0.3) is 0 Å². The van der Waals surface area contributed by atoms with E-state index >= 15 is 0 Å². The number of aromatic nitrogens is 1. The van der Waals surface area contributed by atoms with Crippen LogP contribution in [-0.2, 0) is 0 Å². The number of hydrogen-bond donors (Lipinski definition) is 0. The summed E-state index contributed by atoms with van der Waals surface area (Å²) in [7, 11) is 1.66. The van der Waals surface area contributed by atoms with Gasteiger partial charge in [-0.05, 0) is 35.4 Å². The Morgan fingerprint density at radius 3 is 1.79 bits per heavy atom. The minimum absolute atomic E-state index is 0.00102. The number of rotatable bonds is 6. The van der Waals surface area contributed by atoms with E-state index in [0.717, 1.165) is 33.8 Å². The van der Waals surface area contributed by atoms with Gasteiger partial charge in [0.2, 0.25) is 0 Å². The molecule has 5 rings (SSSR count). The highest BCUT2D eigenvalue weighted by molar-refractivity contribution is 6.15. The minimum atomic E-state index is -0.00102. The van der Waals surface area contributed by atoms with Gasteiger partial charge in [0.05, 0.1) is 12.8 Å². The first kappa shape index (κ1) is 20.5. The van der Waals surface area contributed by atoms with Gasteiger partial charge in [0.1, 0.15) is 5.75 Å². The van der Waals surface area contributed by atoms with Gasteiger partial charge >= 0.3 is 0 Å². The second-order valence-corrected chi connectivity index (χ2v) is 7.76. The zero-order valence-corrected chi connectivity index (χ0v) is 18.3. The summed E-state index contributed by atoms with van der Waals surface area (Å²) < 4.78 is 7.46. The molecule has 0 spiro atoms. The molecule has 0 saturated heterocycles. The molecule has 0 aliphatic rings. The predicted octanol–water partition coefficient (Wildman–Crippen LogP) is 7.05. The second kappa shape index (κ2) is 9.01. The lowest BCUT2D eigenvalue weighted by Crippen LogP contribution is -2.01. The molecule has 0 atom stereocenters. The van der Waals surface area contributed by atoms with Crippen molar-refractivity contribution < 1.29 is 9.53 Å². The molecule has 0 unspecified atom stereocenters. The highest BCUT2D eigenvalue weighted by Gasteiger charge is 2.24. The molecule has 0 amide bonds. The lowest BCUT2D eigenvalue weighted by atomic mass is 9.94. The molecule has 1 aromatic heterocycles. The summed E-state index contributed by atoms with van der Waals surface area (Å²) >= 11 is 0. The number of carbonyl (C=O) groups is 1. The molecule has 3 nitrogen and oxygen atoms in total. The maximum atomic E-state index is 13.7. The van der Waals surface area contributed by atoms with Crippen LogP contribution in [0.25, 0.3) is 28.1 Å². The molecule has 0 bridgehead atoms. The van der Waals surface area contributed by atoms with E-state index < -0.39 is 0 Å². The van der Waals surface area contributed by atoms with Crippen molar-refractivity contribution in [1.29, 1.82) is 0 Å². The fourth-order valence-corrected chi connectivity index (χ4v) is 4.15. The van der Waals surface area contributed by atoms with Gasteiger partial charge < -0.3 is 9.30 Å². The van der Waals surface area contributed by atoms with E-state index in [2.05, 4.69) is 28.8 Å². The van der Waals surface area contributed by atoms with Gasteiger partial charge in [0, 0.05) is 28.6 Å². The van der Waals surface area contributed by atoms with Crippen LogP contribution >= 0.6 is 0 Å². The molecule has 33 heavy (non-hydrogen) atoms. The number of ether oxygens (including phenoxy) is 1. The maximum Gasteiger partial charge on any atom is 0.195 e. The quantitative estimate of drug-likeness (QED) is 0.271. The van der Waals surface area contributed by atoms with Gasteiger partial charge in [-0.2, -0.15) is 0 Å². The number of hydrogen-bond acceptors (Lipinski definition) is 2. The number of ketones is 1. The predicted molar refractivity (Wildman–Crippen MR) is 133 cm³/mol. The Bertz CT molecular complexity index is 1370. The first-order valence-electron chi connectivity index (χ1n) is 10.9. The van der Waals surface area contributed by atoms with E-state index in [1.165, 1.54) is 0 Å². The van der Waals surface area contributed by atoms with Crippen LogP contribution in [0.4, 0.5) is 0 Å². The average molecular weight is 430 g/mol. The standard InChI is InChI=1S/C30H23NO2/c1-33-26-19-17-25(18-20-26)31-21-27(30(32)24-15-9-4-10-16-24)28(22-11-5-2-6-12-22)29(31)23-13-7-3-8-14-23/h2-21H,1H3. The molecule has 3 heteroatoms. The van der Waals surface area contributed by atoms with E-state index in [1.807, 2.05) is 97.2 Å². The zero-order chi connectivity index (χ0) is 22.6. The molecule has 0 fully saturated rings. The molecule has 0 aliphatic carbocycles. The fraction of sp³-hybridized carbons (Fsp3) is 0.0333. The number of carbonyl (C=O) groups excluding carboxylic acids is 1. The smallest absolute Gasteiger partial charge is 0.195 e. The topological polar surface area (TPSA) is 31.2 Å². The van der Waals surface area contributed by atoms with Crippen LogP contribution in [-0.4, -0.2) is 17.5 Å². The summed E-state index contributed by atoms with van der Waals surface area (Å²) in [5.74, 6) is 0.787. The molecule has 160 valence electrons. The van der Waals surface area contributed by atoms with E-state index in [-0.39, 0.29) is 5.78 Å². The number of benzene rings is 4. The summed E-state index contributed by atoms with van der Waals surface area (Å²) in [6, 6.07) is 37.7. The van der Waals surface area contributed by atoms with Crippen LogP contribution in [0, 0.1) is 0 Å². The monoisotopic (exact) mass is 429 g/mol. The Kier molecular flexibility index (Phi) is 5.61. The van der Waals surface area contributed by atoms with Crippen molar-refractivity contribution in [2.45, 2.75) is 0 Å². The number of nitrogens with zero attached hydrogens (tertiary/aromatic N) is 1. The molecule has 0 radical (unpaired) electrons. The Hall–Kier alpha value is -4.37. The van der Waals surface area contributed by atoms with Crippen LogP contribution in [0.15, 0.2) is 121 Å². The van der Waals surface area contributed by atoms with Crippen molar-refractivity contribution in [2.75, 3.05) is 7.11 Å². The van der Waals surface area contributed by atoms with Crippen molar-refractivity contribution in [2.24, 2.45) is 0 Å². The van der Waals surface area contributed by atoms with Gasteiger partial charge in [-0.1, -0.05) is 91.0 Å². The third-order valence-corrected chi connectivity index (χ3v) is 5.75. The van der Waals surface area contributed by atoms with E-state index in [4.69, 9.17) is 4.74 Å². The van der Waals surface area contributed by atoms with Crippen LogP contribution < -0.4 is 4.74 Å². The van der Waals surface area contributed by atoms with Crippen molar-refractivity contribution in [1.82, 2.24) is 4.57 Å². The van der Waals surface area contributed by atoms with Crippen molar-refractivity contribution in [3.8, 4) is 33.8 Å².